The van der Waals surface area contributed by atoms with Gasteiger partial charge < -0.3 is 5.32 Å². The number of hydrogen-bond acceptors (Lipinski definition) is 6. The Kier molecular flexibility index (Phi) is 5.46. The van der Waals surface area contributed by atoms with Gasteiger partial charge in [-0.25, -0.2) is 0 Å². The van der Waals surface area contributed by atoms with E-state index >= 15 is 0 Å². The maximum absolute atomic E-state index is 12.8. The molecular formula is C12H14F3N3O4S. The normalized spacial score (nSPS) is 12.1. The zero-order valence-electron chi connectivity index (χ0n) is 12.4. The summed E-state index contributed by atoms with van der Waals surface area (Å²) in [4.78, 5) is 19.9. The first kappa shape index (κ1) is 19.0. The van der Waals surface area contributed by atoms with E-state index in [1.165, 1.54) is 11.8 Å². The van der Waals surface area contributed by atoms with Crippen LogP contribution in [0.2, 0.25) is 0 Å². The van der Waals surface area contributed by atoms with E-state index < -0.39 is 43.4 Å². The third-order valence-corrected chi connectivity index (χ3v) is 4.31. The molecule has 0 saturated heterocycles. The summed E-state index contributed by atoms with van der Waals surface area (Å²) in [5.41, 5.74) is -3.94. The Morgan fingerprint density at radius 2 is 1.57 bits per heavy atom. The second-order valence-electron chi connectivity index (χ2n) is 5.22. The summed E-state index contributed by atoms with van der Waals surface area (Å²) in [6.07, 6.45) is -3.15. The van der Waals surface area contributed by atoms with Crippen molar-refractivity contribution >= 4 is 28.8 Å². The van der Waals surface area contributed by atoms with Crippen molar-refractivity contribution in [3.05, 3.63) is 37.9 Å². The van der Waals surface area contributed by atoms with Gasteiger partial charge in [-0.15, -0.1) is 0 Å². The Bertz CT molecular complexity index is 599. The third kappa shape index (κ3) is 4.71. The fraction of sp³-hybridized carbons (Fsp3) is 0.500. The quantitative estimate of drug-likeness (QED) is 0.611. The van der Waals surface area contributed by atoms with E-state index in [0.717, 1.165) is 0 Å². The molecule has 1 aromatic carbocycles. The standard InChI is InChI=1S/C12H14F3N3O4S/c1-11(2,23-3)6-16-10-8(17(19)20)4-7(12(13,14)15)5-9(10)18(21)22/h4-5,16H,6H2,1-3H3. The number of benzene rings is 1. The first-order valence-electron chi connectivity index (χ1n) is 6.22. The molecular weight excluding hydrogens is 339 g/mol. The van der Waals surface area contributed by atoms with Crippen molar-refractivity contribution in [1.82, 2.24) is 0 Å². The van der Waals surface area contributed by atoms with Crippen molar-refractivity contribution in [2.75, 3.05) is 18.1 Å². The number of thioether (sulfide) groups is 1. The molecule has 1 N–H and O–H groups in total. The lowest BCUT2D eigenvalue weighted by Gasteiger charge is -2.23. The van der Waals surface area contributed by atoms with E-state index in [4.69, 9.17) is 0 Å². The van der Waals surface area contributed by atoms with Gasteiger partial charge in [0.25, 0.3) is 11.4 Å². The van der Waals surface area contributed by atoms with Gasteiger partial charge in [-0.05, 0) is 20.1 Å². The number of nitrogens with one attached hydrogen (secondary N) is 1. The number of nitro groups is 2. The summed E-state index contributed by atoms with van der Waals surface area (Å²) in [7, 11) is 0. The van der Waals surface area contributed by atoms with Gasteiger partial charge in [0.15, 0.2) is 5.69 Å². The molecule has 0 spiro atoms. The van der Waals surface area contributed by atoms with E-state index in [0.29, 0.717) is 12.1 Å². The van der Waals surface area contributed by atoms with Gasteiger partial charge in [0.1, 0.15) is 0 Å². The summed E-state index contributed by atoms with van der Waals surface area (Å²) in [6, 6.07) is 0.586. The number of nitrogens with zero attached hydrogens (tertiary/aromatic N) is 2. The lowest BCUT2D eigenvalue weighted by atomic mass is 10.1. The van der Waals surface area contributed by atoms with Gasteiger partial charge in [-0.3, -0.25) is 20.2 Å². The average Bonchev–Trinajstić information content (AvgIpc) is 2.42. The van der Waals surface area contributed by atoms with Crippen LogP contribution in [0.15, 0.2) is 12.1 Å². The topological polar surface area (TPSA) is 98.3 Å². The zero-order valence-corrected chi connectivity index (χ0v) is 13.2. The molecule has 7 nitrogen and oxygen atoms in total. The minimum atomic E-state index is -4.92. The average molecular weight is 353 g/mol. The zero-order chi connectivity index (χ0) is 18.0. The highest BCUT2D eigenvalue weighted by Crippen LogP contribution is 2.41. The molecule has 128 valence electrons. The molecule has 0 aromatic heterocycles. The van der Waals surface area contributed by atoms with Gasteiger partial charge in [0.2, 0.25) is 0 Å². The SMILES string of the molecule is CSC(C)(C)CNc1c([N+](=O)[O-])cc(C(F)(F)F)cc1[N+](=O)[O-]. The van der Waals surface area contributed by atoms with Crippen molar-refractivity contribution in [2.45, 2.75) is 24.8 Å². The Morgan fingerprint density at radius 3 is 1.87 bits per heavy atom. The van der Waals surface area contributed by atoms with E-state index in [1.807, 2.05) is 0 Å². The summed E-state index contributed by atoms with van der Waals surface area (Å²) in [5, 5.41) is 24.6. The van der Waals surface area contributed by atoms with Crippen LogP contribution < -0.4 is 5.32 Å². The highest BCUT2D eigenvalue weighted by molar-refractivity contribution is 7.99. The van der Waals surface area contributed by atoms with Crippen molar-refractivity contribution in [3.63, 3.8) is 0 Å². The molecule has 23 heavy (non-hydrogen) atoms. The van der Waals surface area contributed by atoms with Crippen LogP contribution in [0.5, 0.6) is 0 Å². The lowest BCUT2D eigenvalue weighted by molar-refractivity contribution is -0.392. The van der Waals surface area contributed by atoms with Crippen molar-refractivity contribution in [2.24, 2.45) is 0 Å². The van der Waals surface area contributed by atoms with E-state index in [2.05, 4.69) is 5.32 Å². The number of rotatable bonds is 6. The van der Waals surface area contributed by atoms with Crippen LogP contribution in [0.1, 0.15) is 19.4 Å². The molecule has 0 aliphatic heterocycles. The summed E-state index contributed by atoms with van der Waals surface area (Å²) >= 11 is 1.40. The minimum Gasteiger partial charge on any atom is -0.372 e. The third-order valence-electron chi connectivity index (χ3n) is 3.06. The van der Waals surface area contributed by atoms with Crippen LogP contribution in [0, 0.1) is 20.2 Å². The number of anilines is 1. The Hall–Kier alpha value is -2.04. The molecule has 0 heterocycles. The number of halogens is 3. The number of nitro benzene ring substituents is 2. The second-order valence-corrected chi connectivity index (χ2v) is 6.73. The molecule has 0 amide bonds. The Morgan fingerprint density at radius 1 is 1.13 bits per heavy atom. The fourth-order valence-electron chi connectivity index (χ4n) is 1.62. The van der Waals surface area contributed by atoms with E-state index in [9.17, 15) is 33.4 Å². The van der Waals surface area contributed by atoms with E-state index in [1.54, 1.807) is 20.1 Å². The fourth-order valence-corrected chi connectivity index (χ4v) is 1.83. The number of hydrogen-bond donors (Lipinski definition) is 1. The Labute approximate surface area is 133 Å². The number of alkyl halides is 3. The van der Waals surface area contributed by atoms with Gasteiger partial charge >= 0.3 is 6.18 Å². The van der Waals surface area contributed by atoms with Gasteiger partial charge in [-0.1, -0.05) is 0 Å². The van der Waals surface area contributed by atoms with Crippen LogP contribution in [-0.2, 0) is 6.18 Å². The van der Waals surface area contributed by atoms with Gasteiger partial charge in [0.05, 0.1) is 15.4 Å². The van der Waals surface area contributed by atoms with Crippen molar-refractivity contribution < 1.29 is 23.0 Å². The second kappa shape index (κ2) is 6.60. The molecule has 1 aromatic rings. The molecule has 0 unspecified atom stereocenters. The minimum absolute atomic E-state index is 0.0984. The molecule has 0 saturated carbocycles. The first-order chi connectivity index (χ1) is 10.4. The molecule has 0 radical (unpaired) electrons. The van der Waals surface area contributed by atoms with Crippen LogP contribution in [-0.4, -0.2) is 27.4 Å². The monoisotopic (exact) mass is 353 g/mol. The first-order valence-corrected chi connectivity index (χ1v) is 7.44. The molecule has 0 bridgehead atoms. The molecule has 11 heteroatoms. The van der Waals surface area contributed by atoms with Gasteiger partial charge in [-0.2, -0.15) is 24.9 Å². The lowest BCUT2D eigenvalue weighted by Crippen LogP contribution is -2.26. The molecule has 0 atom stereocenters. The summed E-state index contributed by atoms with van der Waals surface area (Å²) in [6.45, 7) is 3.67. The maximum Gasteiger partial charge on any atom is 0.416 e. The Balaban J connectivity index is 3.47. The predicted molar refractivity (Wildman–Crippen MR) is 80.8 cm³/mol. The van der Waals surface area contributed by atoms with Crippen molar-refractivity contribution in [3.8, 4) is 0 Å². The van der Waals surface area contributed by atoms with Crippen LogP contribution in [0.3, 0.4) is 0 Å². The molecule has 0 aliphatic carbocycles. The summed E-state index contributed by atoms with van der Waals surface area (Å²) < 4.78 is 37.9. The maximum atomic E-state index is 12.8. The van der Waals surface area contributed by atoms with Crippen LogP contribution >= 0.6 is 11.8 Å². The predicted octanol–water partition coefficient (Wildman–Crippen LogP) is 4.08. The van der Waals surface area contributed by atoms with E-state index in [-0.39, 0.29) is 6.54 Å². The van der Waals surface area contributed by atoms with Crippen LogP contribution in [0.4, 0.5) is 30.2 Å². The van der Waals surface area contributed by atoms with Crippen LogP contribution in [0.25, 0.3) is 0 Å². The molecule has 0 fully saturated rings. The largest absolute Gasteiger partial charge is 0.416 e. The smallest absolute Gasteiger partial charge is 0.372 e. The highest BCUT2D eigenvalue weighted by atomic mass is 32.2. The molecule has 1 rings (SSSR count). The van der Waals surface area contributed by atoms with Gasteiger partial charge in [0, 0.05) is 23.4 Å². The highest BCUT2D eigenvalue weighted by Gasteiger charge is 2.37. The summed E-state index contributed by atoms with van der Waals surface area (Å²) in [5.74, 6) is 0. The van der Waals surface area contributed by atoms with Crippen molar-refractivity contribution in [1.29, 1.82) is 0 Å². The molecule has 0 aliphatic rings.